The Labute approximate surface area is 174 Å². The van der Waals surface area contributed by atoms with Crippen molar-refractivity contribution in [1.82, 2.24) is 26.1 Å². The van der Waals surface area contributed by atoms with Crippen molar-refractivity contribution in [2.45, 2.75) is 31.5 Å². The van der Waals surface area contributed by atoms with E-state index < -0.39 is 5.82 Å². The molecule has 0 spiro atoms. The highest BCUT2D eigenvalue weighted by molar-refractivity contribution is 6.31. The summed E-state index contributed by atoms with van der Waals surface area (Å²) in [5.74, 6) is -0.290. The first-order valence-electron chi connectivity index (χ1n) is 9.98. The van der Waals surface area contributed by atoms with Crippen molar-refractivity contribution in [2.24, 2.45) is 5.92 Å². The topological polar surface area (TPSA) is 69.3 Å². The lowest BCUT2D eigenvalue weighted by Gasteiger charge is -2.35. The maximum absolute atomic E-state index is 13.2. The van der Waals surface area contributed by atoms with Crippen LogP contribution in [0.2, 0.25) is 5.02 Å². The van der Waals surface area contributed by atoms with Gasteiger partial charge in [-0.15, -0.1) is 0 Å². The molecule has 2 atom stereocenters. The van der Waals surface area contributed by atoms with Crippen LogP contribution in [0.25, 0.3) is 0 Å². The molecule has 2 saturated heterocycles. The highest BCUT2D eigenvalue weighted by Crippen LogP contribution is 2.26. The van der Waals surface area contributed by atoms with E-state index in [1.165, 1.54) is 23.8 Å². The van der Waals surface area contributed by atoms with E-state index in [1.807, 2.05) is 12.3 Å². The molecule has 0 bridgehead atoms. The van der Waals surface area contributed by atoms with Crippen molar-refractivity contribution in [3.05, 3.63) is 64.7 Å². The Balaban J connectivity index is 1.22. The number of pyridine rings is 1. The number of hydrogen-bond acceptors (Lipinski definition) is 5. The molecule has 0 saturated carbocycles. The SMILES string of the molecule is O=C(NCC1CCN(C2CC(c3cccnc3)NN2)CC1)c1ccc(F)c(Cl)c1. The number of carbonyl (C=O) groups excluding carboxylic acids is 1. The molecule has 8 heteroatoms. The number of carbonyl (C=O) groups is 1. The van der Waals surface area contributed by atoms with Crippen molar-refractivity contribution < 1.29 is 9.18 Å². The Morgan fingerprint density at radius 3 is 2.83 bits per heavy atom. The predicted octanol–water partition coefficient (Wildman–Crippen LogP) is 2.88. The minimum atomic E-state index is -0.517. The van der Waals surface area contributed by atoms with Crippen molar-refractivity contribution in [3.8, 4) is 0 Å². The molecule has 2 aliphatic heterocycles. The zero-order chi connectivity index (χ0) is 20.2. The number of hydrogen-bond donors (Lipinski definition) is 3. The van der Waals surface area contributed by atoms with Crippen LogP contribution >= 0.6 is 11.6 Å². The number of likely N-dealkylation sites (tertiary alicyclic amines) is 1. The van der Waals surface area contributed by atoms with Crippen LogP contribution in [0.1, 0.15) is 41.2 Å². The summed E-state index contributed by atoms with van der Waals surface area (Å²) < 4.78 is 13.2. The number of rotatable bonds is 5. The van der Waals surface area contributed by atoms with Crippen LogP contribution in [0.5, 0.6) is 0 Å². The second-order valence-corrected chi connectivity index (χ2v) is 8.10. The molecule has 4 rings (SSSR count). The fraction of sp³-hybridized carbons (Fsp3) is 0.429. The molecule has 3 N–H and O–H groups in total. The van der Waals surface area contributed by atoms with Gasteiger partial charge in [0.25, 0.3) is 5.91 Å². The molecule has 2 unspecified atom stereocenters. The number of aromatic nitrogens is 1. The van der Waals surface area contributed by atoms with Gasteiger partial charge in [-0.05, 0) is 68.1 Å². The van der Waals surface area contributed by atoms with Gasteiger partial charge in [0.05, 0.1) is 17.2 Å². The second-order valence-electron chi connectivity index (χ2n) is 7.70. The third-order valence-electron chi connectivity index (χ3n) is 5.79. The molecule has 2 fully saturated rings. The number of piperidine rings is 1. The van der Waals surface area contributed by atoms with Crippen molar-refractivity contribution in [2.75, 3.05) is 19.6 Å². The summed E-state index contributed by atoms with van der Waals surface area (Å²) in [7, 11) is 0. The van der Waals surface area contributed by atoms with Gasteiger partial charge in [-0.3, -0.25) is 14.7 Å². The molecule has 6 nitrogen and oxygen atoms in total. The Kier molecular flexibility index (Phi) is 6.40. The summed E-state index contributed by atoms with van der Waals surface area (Å²) in [6, 6.07) is 8.37. The van der Waals surface area contributed by atoms with Gasteiger partial charge < -0.3 is 5.32 Å². The Morgan fingerprint density at radius 1 is 1.28 bits per heavy atom. The van der Waals surface area contributed by atoms with Gasteiger partial charge in [-0.25, -0.2) is 15.2 Å². The summed E-state index contributed by atoms with van der Waals surface area (Å²) in [5.41, 5.74) is 8.36. The lowest BCUT2D eigenvalue weighted by molar-refractivity contribution is 0.0914. The highest BCUT2D eigenvalue weighted by atomic mass is 35.5. The van der Waals surface area contributed by atoms with Crippen molar-refractivity contribution >= 4 is 17.5 Å². The van der Waals surface area contributed by atoms with E-state index >= 15 is 0 Å². The minimum absolute atomic E-state index is 0.0341. The molecular formula is C21H25ClFN5O. The number of benzene rings is 1. The average Bonchev–Trinajstić information content (AvgIpc) is 3.25. The lowest BCUT2D eigenvalue weighted by Crippen LogP contribution is -2.49. The molecule has 1 amide bonds. The molecule has 154 valence electrons. The molecule has 29 heavy (non-hydrogen) atoms. The van der Waals surface area contributed by atoms with E-state index in [9.17, 15) is 9.18 Å². The zero-order valence-electron chi connectivity index (χ0n) is 16.1. The van der Waals surface area contributed by atoms with E-state index in [0.29, 0.717) is 24.2 Å². The van der Waals surface area contributed by atoms with Crippen LogP contribution < -0.4 is 16.2 Å². The minimum Gasteiger partial charge on any atom is -0.352 e. The lowest BCUT2D eigenvalue weighted by atomic mass is 9.95. The van der Waals surface area contributed by atoms with E-state index in [1.54, 1.807) is 6.20 Å². The Morgan fingerprint density at radius 2 is 2.10 bits per heavy atom. The van der Waals surface area contributed by atoms with E-state index in [2.05, 4.69) is 32.1 Å². The first-order valence-corrected chi connectivity index (χ1v) is 10.4. The van der Waals surface area contributed by atoms with Crippen LogP contribution in [-0.4, -0.2) is 41.6 Å². The van der Waals surface area contributed by atoms with Gasteiger partial charge in [-0.2, -0.15) is 0 Å². The Hall–Kier alpha value is -2.06. The van der Waals surface area contributed by atoms with Gasteiger partial charge in [0.1, 0.15) is 5.82 Å². The highest BCUT2D eigenvalue weighted by Gasteiger charge is 2.32. The smallest absolute Gasteiger partial charge is 0.251 e. The van der Waals surface area contributed by atoms with Crippen LogP contribution in [0.3, 0.4) is 0 Å². The quantitative estimate of drug-likeness (QED) is 0.698. The number of halogens is 2. The molecule has 0 aliphatic carbocycles. The molecule has 1 aromatic carbocycles. The molecule has 1 aromatic heterocycles. The van der Waals surface area contributed by atoms with Gasteiger partial charge >= 0.3 is 0 Å². The summed E-state index contributed by atoms with van der Waals surface area (Å²) in [4.78, 5) is 18.9. The zero-order valence-corrected chi connectivity index (χ0v) is 16.8. The third kappa shape index (κ3) is 4.93. The van der Waals surface area contributed by atoms with Crippen LogP contribution in [-0.2, 0) is 0 Å². The Bertz CT molecular complexity index is 844. The van der Waals surface area contributed by atoms with Crippen LogP contribution in [0.4, 0.5) is 4.39 Å². The van der Waals surface area contributed by atoms with Gasteiger partial charge in [0.2, 0.25) is 0 Å². The molecule has 2 aromatic rings. The molecule has 3 heterocycles. The van der Waals surface area contributed by atoms with Crippen LogP contribution in [0.15, 0.2) is 42.7 Å². The average molecular weight is 418 g/mol. The monoisotopic (exact) mass is 417 g/mol. The van der Waals surface area contributed by atoms with E-state index in [-0.39, 0.29) is 17.0 Å². The standard InChI is InChI=1S/C21H25ClFN5O/c22-17-10-15(3-4-18(17)23)21(29)25-12-14-5-8-28(9-6-14)20-11-19(26-27-20)16-2-1-7-24-13-16/h1-4,7,10,13-14,19-20,26-27H,5-6,8-9,11-12H2,(H,25,29). The first kappa shape index (κ1) is 20.2. The maximum Gasteiger partial charge on any atom is 0.251 e. The number of nitrogens with one attached hydrogen (secondary N) is 3. The van der Waals surface area contributed by atoms with E-state index in [4.69, 9.17) is 11.6 Å². The number of nitrogens with zero attached hydrogens (tertiary/aromatic N) is 2. The molecule has 2 aliphatic rings. The summed E-state index contributed by atoms with van der Waals surface area (Å²) in [6.07, 6.45) is 7.05. The van der Waals surface area contributed by atoms with Gasteiger partial charge in [0, 0.05) is 24.5 Å². The van der Waals surface area contributed by atoms with Crippen molar-refractivity contribution in [3.63, 3.8) is 0 Å². The summed E-state index contributed by atoms with van der Waals surface area (Å²) in [6.45, 7) is 2.60. The summed E-state index contributed by atoms with van der Waals surface area (Å²) in [5, 5.41) is 2.92. The summed E-state index contributed by atoms with van der Waals surface area (Å²) >= 11 is 5.76. The first-order chi connectivity index (χ1) is 14.1. The van der Waals surface area contributed by atoms with Gasteiger partial charge in [-0.1, -0.05) is 17.7 Å². The normalized spacial score (nSPS) is 23.2. The largest absolute Gasteiger partial charge is 0.352 e. The fourth-order valence-corrected chi connectivity index (χ4v) is 4.21. The van der Waals surface area contributed by atoms with Crippen molar-refractivity contribution in [1.29, 1.82) is 0 Å². The number of amides is 1. The second kappa shape index (κ2) is 9.17. The molecule has 0 radical (unpaired) electrons. The van der Waals surface area contributed by atoms with E-state index in [0.717, 1.165) is 32.4 Å². The van der Waals surface area contributed by atoms with Crippen LogP contribution in [0, 0.1) is 11.7 Å². The third-order valence-corrected chi connectivity index (χ3v) is 6.08. The fourth-order valence-electron chi connectivity index (χ4n) is 4.02. The number of hydrazine groups is 1. The van der Waals surface area contributed by atoms with Gasteiger partial charge in [0.15, 0.2) is 0 Å². The predicted molar refractivity (Wildman–Crippen MR) is 110 cm³/mol. The maximum atomic E-state index is 13.2. The molecular weight excluding hydrogens is 393 g/mol.